The fourth-order valence-electron chi connectivity index (χ4n) is 0.770. The zero-order chi connectivity index (χ0) is 10.3. The van der Waals surface area contributed by atoms with E-state index in [4.69, 9.17) is 15.0 Å². The van der Waals surface area contributed by atoms with E-state index in [0.717, 1.165) is 10.9 Å². The fourth-order valence-corrected chi connectivity index (χ4v) is 1.20. The van der Waals surface area contributed by atoms with E-state index in [1.807, 2.05) is 12.1 Å². The minimum absolute atomic E-state index is 0.250. The highest BCUT2D eigenvalue weighted by atomic mass is 79.9. The maximum atomic E-state index is 9.09. The van der Waals surface area contributed by atoms with Crippen LogP contribution in [0.25, 0.3) is 0 Å². The van der Waals surface area contributed by atoms with Crippen LogP contribution >= 0.6 is 15.9 Å². The Balaban J connectivity index is 0.000000424. The van der Waals surface area contributed by atoms with Gasteiger partial charge in [0.15, 0.2) is 0 Å². The number of hydrogen-bond donors (Lipinski definition) is 2. The van der Waals surface area contributed by atoms with Crippen LogP contribution in [0.3, 0.4) is 0 Å². The molecule has 0 atom stereocenters. The zero-order valence-corrected chi connectivity index (χ0v) is 8.78. The van der Waals surface area contributed by atoms with E-state index in [0.29, 0.717) is 5.75 Å². The van der Waals surface area contributed by atoms with E-state index in [2.05, 4.69) is 22.9 Å². The van der Waals surface area contributed by atoms with E-state index in [1.54, 1.807) is 6.07 Å². The van der Waals surface area contributed by atoms with Crippen molar-refractivity contribution in [2.24, 2.45) is 0 Å². The molecule has 0 fully saturated rings. The molecule has 0 radical (unpaired) electrons. The lowest BCUT2D eigenvalue weighted by Crippen LogP contribution is -1.78. The molecule has 0 unspecified atom stereocenters. The van der Waals surface area contributed by atoms with Crippen molar-refractivity contribution in [1.29, 1.82) is 0 Å². The topological polar surface area (TPSA) is 57.5 Å². The Labute approximate surface area is 85.1 Å². The van der Waals surface area contributed by atoms with E-state index < -0.39 is 0 Å². The lowest BCUT2D eigenvalue weighted by molar-refractivity contribution is -0.122. The predicted octanol–water partition coefficient (Wildman–Crippen LogP) is 2.42. The summed E-state index contributed by atoms with van der Waals surface area (Å²) in [6.07, 6.45) is 0.999. The summed E-state index contributed by atoms with van der Waals surface area (Å²) in [6.45, 7) is 1.83. The second kappa shape index (κ2) is 6.48. The molecule has 2 N–H and O–H groups in total. The van der Waals surface area contributed by atoms with E-state index in [1.165, 1.54) is 5.56 Å². The number of halogens is 1. The molecule has 1 aromatic rings. The SMILES string of the molecule is CCc1ccc(O)c(Br)c1.O=CO. The number of carbonyl (C=O) groups is 1. The van der Waals surface area contributed by atoms with Crippen molar-refractivity contribution in [3.63, 3.8) is 0 Å². The molecule has 13 heavy (non-hydrogen) atoms. The summed E-state index contributed by atoms with van der Waals surface area (Å²) in [5.74, 6) is 0.303. The molecule has 0 saturated carbocycles. The molecule has 0 saturated heterocycles. The van der Waals surface area contributed by atoms with Crippen molar-refractivity contribution in [3.05, 3.63) is 28.2 Å². The summed E-state index contributed by atoms with van der Waals surface area (Å²) in [5.41, 5.74) is 1.23. The third-order valence-electron chi connectivity index (χ3n) is 1.42. The largest absolute Gasteiger partial charge is 0.507 e. The van der Waals surface area contributed by atoms with Crippen molar-refractivity contribution >= 4 is 22.4 Å². The maximum Gasteiger partial charge on any atom is 0.290 e. The monoisotopic (exact) mass is 246 g/mol. The molecule has 1 aromatic carbocycles. The Morgan fingerprint density at radius 1 is 1.54 bits per heavy atom. The van der Waals surface area contributed by atoms with Gasteiger partial charge in [-0.05, 0) is 40.0 Å². The first kappa shape index (κ1) is 12.0. The second-order valence-electron chi connectivity index (χ2n) is 2.24. The van der Waals surface area contributed by atoms with Crippen LogP contribution in [0.1, 0.15) is 12.5 Å². The Hall–Kier alpha value is -1.03. The number of aryl methyl sites for hydroxylation is 1. The Kier molecular flexibility index (Phi) is 5.97. The average molecular weight is 247 g/mol. The first-order chi connectivity index (χ1) is 6.15. The summed E-state index contributed by atoms with van der Waals surface area (Å²) < 4.78 is 0.770. The maximum absolute atomic E-state index is 9.09. The van der Waals surface area contributed by atoms with Crippen LogP contribution in [-0.4, -0.2) is 16.7 Å². The number of benzene rings is 1. The lowest BCUT2D eigenvalue weighted by Gasteiger charge is -1.98. The molecular weight excluding hydrogens is 236 g/mol. The minimum atomic E-state index is -0.250. The fraction of sp³-hybridized carbons (Fsp3) is 0.222. The smallest absolute Gasteiger partial charge is 0.290 e. The minimum Gasteiger partial charge on any atom is -0.507 e. The van der Waals surface area contributed by atoms with Crippen LogP contribution in [0.2, 0.25) is 0 Å². The highest BCUT2D eigenvalue weighted by Gasteiger charge is 1.96. The molecule has 0 spiro atoms. The number of phenolic OH excluding ortho intramolecular Hbond substituents is 1. The molecular formula is C9H11BrO3. The van der Waals surface area contributed by atoms with E-state index >= 15 is 0 Å². The Bertz CT molecular complexity index is 274. The molecule has 0 heterocycles. The zero-order valence-electron chi connectivity index (χ0n) is 7.20. The Morgan fingerprint density at radius 2 is 2.08 bits per heavy atom. The normalized spacial score (nSPS) is 8.46. The molecule has 4 heteroatoms. The summed E-state index contributed by atoms with van der Waals surface area (Å²) in [4.78, 5) is 8.36. The first-order valence-corrected chi connectivity index (χ1v) is 4.50. The molecule has 0 aliphatic heterocycles. The summed E-state index contributed by atoms with van der Waals surface area (Å²) in [5, 5.41) is 16.0. The van der Waals surface area contributed by atoms with Crippen molar-refractivity contribution in [2.75, 3.05) is 0 Å². The molecule has 1 rings (SSSR count). The van der Waals surface area contributed by atoms with Gasteiger partial charge in [0.2, 0.25) is 0 Å². The van der Waals surface area contributed by atoms with Crippen molar-refractivity contribution in [1.82, 2.24) is 0 Å². The van der Waals surface area contributed by atoms with Crippen LogP contribution in [-0.2, 0) is 11.2 Å². The van der Waals surface area contributed by atoms with Gasteiger partial charge in [0.1, 0.15) is 5.75 Å². The molecule has 0 aromatic heterocycles. The van der Waals surface area contributed by atoms with Crippen molar-refractivity contribution in [2.45, 2.75) is 13.3 Å². The number of aromatic hydroxyl groups is 1. The van der Waals surface area contributed by atoms with Crippen molar-refractivity contribution in [3.8, 4) is 5.75 Å². The van der Waals surface area contributed by atoms with Gasteiger partial charge in [-0.15, -0.1) is 0 Å². The molecule has 72 valence electrons. The summed E-state index contributed by atoms with van der Waals surface area (Å²) in [6, 6.07) is 5.54. The van der Waals surface area contributed by atoms with Crippen LogP contribution in [0.4, 0.5) is 0 Å². The number of phenols is 1. The highest BCUT2D eigenvalue weighted by molar-refractivity contribution is 9.10. The average Bonchev–Trinajstić information content (AvgIpc) is 2.11. The van der Waals surface area contributed by atoms with Gasteiger partial charge in [0, 0.05) is 0 Å². The number of hydrogen-bond acceptors (Lipinski definition) is 2. The van der Waals surface area contributed by atoms with Gasteiger partial charge in [-0.25, -0.2) is 0 Å². The third kappa shape index (κ3) is 4.52. The first-order valence-electron chi connectivity index (χ1n) is 3.71. The van der Waals surface area contributed by atoms with Crippen molar-refractivity contribution < 1.29 is 15.0 Å². The predicted molar refractivity (Wildman–Crippen MR) is 53.9 cm³/mol. The van der Waals surface area contributed by atoms with Crippen LogP contribution in [0, 0.1) is 0 Å². The van der Waals surface area contributed by atoms with E-state index in [9.17, 15) is 0 Å². The molecule has 3 nitrogen and oxygen atoms in total. The van der Waals surface area contributed by atoms with Crippen LogP contribution < -0.4 is 0 Å². The summed E-state index contributed by atoms with van der Waals surface area (Å²) >= 11 is 3.24. The highest BCUT2D eigenvalue weighted by Crippen LogP contribution is 2.24. The van der Waals surface area contributed by atoms with Gasteiger partial charge in [-0.3, -0.25) is 4.79 Å². The second-order valence-corrected chi connectivity index (χ2v) is 3.10. The molecule has 0 aliphatic rings. The molecule has 0 aliphatic carbocycles. The van der Waals surface area contributed by atoms with Gasteiger partial charge in [0.05, 0.1) is 4.47 Å². The Morgan fingerprint density at radius 3 is 2.46 bits per heavy atom. The van der Waals surface area contributed by atoms with Gasteiger partial charge in [-0.2, -0.15) is 0 Å². The molecule has 0 amide bonds. The quantitative estimate of drug-likeness (QED) is 0.749. The van der Waals surface area contributed by atoms with E-state index in [-0.39, 0.29) is 6.47 Å². The third-order valence-corrected chi connectivity index (χ3v) is 2.06. The van der Waals surface area contributed by atoms with Crippen LogP contribution in [0.15, 0.2) is 22.7 Å². The lowest BCUT2D eigenvalue weighted by atomic mass is 10.2. The van der Waals surface area contributed by atoms with Gasteiger partial charge in [-0.1, -0.05) is 13.0 Å². The number of carboxylic acid groups (broad SMARTS) is 1. The number of rotatable bonds is 1. The van der Waals surface area contributed by atoms with Gasteiger partial charge >= 0.3 is 0 Å². The molecule has 0 bridgehead atoms. The standard InChI is InChI=1S/C8H9BrO.CH2O2/c1-2-6-3-4-8(10)7(9)5-6;2-1-3/h3-5,10H,2H2,1H3;1H,(H,2,3). The van der Waals surface area contributed by atoms with Gasteiger partial charge in [0.25, 0.3) is 6.47 Å². The summed E-state index contributed by atoms with van der Waals surface area (Å²) in [7, 11) is 0. The van der Waals surface area contributed by atoms with Crippen LogP contribution in [0.5, 0.6) is 5.75 Å². The van der Waals surface area contributed by atoms with Gasteiger partial charge < -0.3 is 10.2 Å².